The van der Waals surface area contributed by atoms with Gasteiger partial charge in [-0.2, -0.15) is 5.10 Å². The number of nitrogens with zero attached hydrogens (tertiary/aromatic N) is 4. The van der Waals surface area contributed by atoms with Crippen LogP contribution in [0, 0.1) is 6.92 Å². The molecule has 0 aromatic carbocycles. The van der Waals surface area contributed by atoms with Gasteiger partial charge in [0.05, 0.1) is 0 Å². The third-order valence-corrected chi connectivity index (χ3v) is 8.06. The van der Waals surface area contributed by atoms with E-state index >= 15 is 0 Å². The Morgan fingerprint density at radius 3 is 2.35 bits per heavy atom. The molecule has 0 unspecified atom stereocenters. The molecular formula is C29H35F2N5O4. The number of halogens is 2. The number of rotatable bonds is 3. The van der Waals surface area contributed by atoms with Crippen molar-refractivity contribution >= 4 is 28.8 Å². The number of piperazine rings is 1. The summed E-state index contributed by atoms with van der Waals surface area (Å²) in [5, 5.41) is 6.67. The first-order valence-corrected chi connectivity index (χ1v) is 13.6. The molecular weight excluding hydrogens is 520 g/mol. The number of aromatic amines is 1. The molecule has 3 aromatic rings. The van der Waals surface area contributed by atoms with Crippen molar-refractivity contribution in [2.75, 3.05) is 13.1 Å². The summed E-state index contributed by atoms with van der Waals surface area (Å²) < 4.78 is 33.7. The summed E-state index contributed by atoms with van der Waals surface area (Å²) >= 11 is 0. The molecule has 1 aliphatic carbocycles. The van der Waals surface area contributed by atoms with E-state index in [1.54, 1.807) is 32.9 Å². The van der Waals surface area contributed by atoms with Crippen molar-refractivity contribution in [3.8, 4) is 0 Å². The molecule has 1 saturated carbocycles. The first-order chi connectivity index (χ1) is 18.6. The zero-order valence-electron chi connectivity index (χ0n) is 23.7. The van der Waals surface area contributed by atoms with Crippen molar-refractivity contribution < 1.29 is 27.6 Å². The van der Waals surface area contributed by atoms with Crippen LogP contribution in [-0.4, -0.2) is 67.3 Å². The maximum atomic E-state index is 13.8. The van der Waals surface area contributed by atoms with Crippen LogP contribution in [0.4, 0.5) is 8.78 Å². The van der Waals surface area contributed by atoms with E-state index in [1.165, 1.54) is 4.90 Å². The van der Waals surface area contributed by atoms with Gasteiger partial charge in [-0.05, 0) is 51.2 Å². The highest BCUT2D eigenvalue weighted by Gasteiger charge is 2.47. The van der Waals surface area contributed by atoms with Crippen molar-refractivity contribution in [1.82, 2.24) is 25.0 Å². The monoisotopic (exact) mass is 555 g/mol. The van der Waals surface area contributed by atoms with Crippen LogP contribution in [0.1, 0.15) is 104 Å². The Kier molecular flexibility index (Phi) is 6.62. The first kappa shape index (κ1) is 27.9. The van der Waals surface area contributed by atoms with Gasteiger partial charge in [0, 0.05) is 54.9 Å². The average Bonchev–Trinajstić information content (AvgIpc) is 3.50. The molecule has 4 heterocycles. The fraction of sp³-hybridized carbons (Fsp3) is 0.552. The molecule has 0 bridgehead atoms. The Hall–Kier alpha value is -3.63. The second-order valence-corrected chi connectivity index (χ2v) is 12.5. The van der Waals surface area contributed by atoms with E-state index < -0.39 is 29.2 Å². The quantitative estimate of drug-likeness (QED) is 0.436. The van der Waals surface area contributed by atoms with Crippen LogP contribution in [0.15, 0.2) is 22.6 Å². The van der Waals surface area contributed by atoms with Crippen molar-refractivity contribution in [2.24, 2.45) is 0 Å². The van der Waals surface area contributed by atoms with E-state index in [-0.39, 0.29) is 48.7 Å². The van der Waals surface area contributed by atoms with Crippen LogP contribution < -0.4 is 0 Å². The van der Waals surface area contributed by atoms with E-state index in [2.05, 4.69) is 10.2 Å². The lowest BCUT2D eigenvalue weighted by Gasteiger charge is -2.44. The van der Waals surface area contributed by atoms with Crippen LogP contribution in [0.5, 0.6) is 0 Å². The highest BCUT2D eigenvalue weighted by atomic mass is 19.3. The van der Waals surface area contributed by atoms with Crippen molar-refractivity contribution in [3.63, 3.8) is 0 Å². The molecule has 0 atom stereocenters. The van der Waals surface area contributed by atoms with E-state index in [4.69, 9.17) is 9.40 Å². The zero-order chi connectivity index (χ0) is 29.2. The number of imide groups is 1. The molecule has 1 aliphatic heterocycles. The number of amides is 3. The maximum absolute atomic E-state index is 13.8. The van der Waals surface area contributed by atoms with E-state index in [0.29, 0.717) is 29.6 Å². The molecule has 2 aliphatic rings. The first-order valence-electron chi connectivity index (χ1n) is 13.6. The van der Waals surface area contributed by atoms with Crippen LogP contribution >= 0.6 is 0 Å². The normalized spacial score (nSPS) is 19.9. The smallest absolute Gasteiger partial charge is 0.290 e. The summed E-state index contributed by atoms with van der Waals surface area (Å²) in [5.41, 5.74) is 1.65. The summed E-state index contributed by atoms with van der Waals surface area (Å²) in [6.45, 7) is 11.1. The number of hydrogen-bond donors (Lipinski definition) is 1. The van der Waals surface area contributed by atoms with Gasteiger partial charge in [0.1, 0.15) is 11.1 Å². The van der Waals surface area contributed by atoms with Gasteiger partial charge >= 0.3 is 0 Å². The summed E-state index contributed by atoms with van der Waals surface area (Å²) in [6.07, 6.45) is 0.342. The van der Waals surface area contributed by atoms with E-state index in [9.17, 15) is 23.2 Å². The van der Waals surface area contributed by atoms with Crippen molar-refractivity contribution in [2.45, 2.75) is 90.0 Å². The van der Waals surface area contributed by atoms with Gasteiger partial charge in [-0.25, -0.2) is 13.8 Å². The molecule has 3 aromatic heterocycles. The topological polar surface area (TPSA) is 112 Å². The minimum atomic E-state index is -2.64. The predicted octanol–water partition coefficient (Wildman–Crippen LogP) is 5.35. The lowest BCUT2D eigenvalue weighted by molar-refractivity contribution is -0.143. The zero-order valence-corrected chi connectivity index (χ0v) is 23.7. The number of pyridine rings is 1. The second-order valence-electron chi connectivity index (χ2n) is 12.5. The minimum Gasteiger partial charge on any atom is -0.449 e. The standard InChI is InChI=1S/C29H35F2N5O4/c1-16-13-21(34-33-16)24(37)35-11-12-36(28(5,6)26(35)39)25(38)22-15-20-23(40-22)18(27(2,3)4)14-19(32-20)17-7-9-29(30,31)10-8-17/h13-15,17H,7-12H2,1-6H3,(H,33,34). The third kappa shape index (κ3) is 4.90. The number of aryl methyl sites for hydroxylation is 1. The Morgan fingerprint density at radius 2 is 1.75 bits per heavy atom. The molecule has 1 N–H and O–H groups in total. The van der Waals surface area contributed by atoms with Crippen LogP contribution in [0.3, 0.4) is 0 Å². The summed E-state index contributed by atoms with van der Waals surface area (Å²) in [7, 11) is 0. The van der Waals surface area contributed by atoms with E-state index in [0.717, 1.165) is 16.2 Å². The number of fused-ring (bicyclic) bond motifs is 1. The molecule has 9 nitrogen and oxygen atoms in total. The van der Waals surface area contributed by atoms with Crippen LogP contribution in [0.2, 0.25) is 0 Å². The Labute approximate surface area is 231 Å². The minimum absolute atomic E-state index is 0.0148. The molecule has 214 valence electrons. The molecule has 1 saturated heterocycles. The lowest BCUT2D eigenvalue weighted by Crippen LogP contribution is -2.65. The second kappa shape index (κ2) is 9.49. The number of hydrogen-bond acceptors (Lipinski definition) is 6. The predicted molar refractivity (Wildman–Crippen MR) is 143 cm³/mol. The molecule has 5 rings (SSSR count). The third-order valence-electron chi connectivity index (χ3n) is 8.06. The molecule has 40 heavy (non-hydrogen) atoms. The van der Waals surface area contributed by atoms with Crippen molar-refractivity contribution in [1.29, 1.82) is 0 Å². The van der Waals surface area contributed by atoms with Crippen LogP contribution in [-0.2, 0) is 10.2 Å². The summed E-state index contributed by atoms with van der Waals surface area (Å²) in [5.74, 6) is -4.23. The SMILES string of the molecule is Cc1cc(C(=O)N2CCN(C(=O)c3cc4nc(C5CCC(F)(F)CC5)cc(C(C)(C)C)c4o3)C(C)(C)C2=O)n[nH]1. The number of nitrogens with one attached hydrogen (secondary N) is 1. The van der Waals surface area contributed by atoms with Crippen LogP contribution in [0.25, 0.3) is 11.1 Å². The number of H-pyrrole nitrogens is 1. The highest BCUT2D eigenvalue weighted by Crippen LogP contribution is 2.42. The van der Waals surface area contributed by atoms with Gasteiger partial charge in [-0.1, -0.05) is 20.8 Å². The number of alkyl halides is 2. The molecule has 11 heteroatoms. The lowest BCUT2D eigenvalue weighted by atomic mass is 9.81. The average molecular weight is 556 g/mol. The van der Waals surface area contributed by atoms with Gasteiger partial charge < -0.3 is 9.32 Å². The fourth-order valence-corrected chi connectivity index (χ4v) is 5.62. The Balaban J connectivity index is 1.45. The van der Waals surface area contributed by atoms with Gasteiger partial charge in [-0.15, -0.1) is 0 Å². The molecule has 0 spiro atoms. The van der Waals surface area contributed by atoms with Crippen molar-refractivity contribution in [3.05, 3.63) is 46.6 Å². The van der Waals surface area contributed by atoms with Gasteiger partial charge in [0.25, 0.3) is 17.7 Å². The van der Waals surface area contributed by atoms with Gasteiger partial charge in [0.15, 0.2) is 17.0 Å². The molecule has 2 fully saturated rings. The van der Waals surface area contributed by atoms with Gasteiger partial charge in [0.2, 0.25) is 5.92 Å². The molecule has 3 amide bonds. The Morgan fingerprint density at radius 1 is 1.07 bits per heavy atom. The Bertz CT molecular complexity index is 1490. The maximum Gasteiger partial charge on any atom is 0.290 e. The van der Waals surface area contributed by atoms with Gasteiger partial charge in [-0.3, -0.25) is 24.4 Å². The number of carbonyl (C=O) groups is 3. The molecule has 0 radical (unpaired) electrons. The summed E-state index contributed by atoms with van der Waals surface area (Å²) in [6, 6.07) is 5.06. The summed E-state index contributed by atoms with van der Waals surface area (Å²) in [4.78, 5) is 47.4. The number of furan rings is 1. The number of carbonyl (C=O) groups excluding carboxylic acids is 3. The number of aromatic nitrogens is 3. The largest absolute Gasteiger partial charge is 0.449 e. The highest BCUT2D eigenvalue weighted by molar-refractivity contribution is 6.09. The fourth-order valence-electron chi connectivity index (χ4n) is 5.62. The van der Waals surface area contributed by atoms with E-state index in [1.807, 2.05) is 26.8 Å².